The van der Waals surface area contributed by atoms with Crippen LogP contribution in [0, 0.1) is 0 Å². The molecular formula is C10H14N2O2S. The predicted octanol–water partition coefficient (Wildman–Crippen LogP) is 1.34. The fraction of sp³-hybridized carbons (Fsp3) is 0.500. The summed E-state index contributed by atoms with van der Waals surface area (Å²) >= 11 is 1.57. The van der Waals surface area contributed by atoms with Crippen LogP contribution in [-0.4, -0.2) is 23.2 Å². The van der Waals surface area contributed by atoms with Gasteiger partial charge in [-0.15, -0.1) is 11.3 Å². The molecule has 0 aliphatic carbocycles. The first-order valence-corrected chi connectivity index (χ1v) is 5.63. The Labute approximate surface area is 92.7 Å². The summed E-state index contributed by atoms with van der Waals surface area (Å²) in [4.78, 5) is 26.0. The fourth-order valence-corrected chi connectivity index (χ4v) is 1.82. The third-order valence-electron chi connectivity index (χ3n) is 1.89. The normalized spacial score (nSPS) is 12.1. The van der Waals surface area contributed by atoms with Crippen molar-refractivity contribution in [3.63, 3.8) is 0 Å². The van der Waals surface area contributed by atoms with Crippen molar-refractivity contribution in [3.05, 3.63) is 16.6 Å². The van der Waals surface area contributed by atoms with Gasteiger partial charge >= 0.3 is 0 Å². The Morgan fingerprint density at radius 1 is 1.60 bits per heavy atom. The molecule has 1 aromatic heterocycles. The minimum Gasteiger partial charge on any atom is -0.355 e. The third kappa shape index (κ3) is 4.20. The zero-order chi connectivity index (χ0) is 11.3. The lowest BCUT2D eigenvalue weighted by Crippen LogP contribution is -2.28. The lowest BCUT2D eigenvalue weighted by atomic mass is 10.2. The summed E-state index contributed by atoms with van der Waals surface area (Å²) in [6.45, 7) is 3.93. The molecule has 0 fully saturated rings. The molecule has 4 nitrogen and oxygen atoms in total. The number of hydrogen-bond donors (Lipinski definition) is 1. The molecule has 0 aromatic carbocycles. The van der Waals surface area contributed by atoms with Crippen LogP contribution < -0.4 is 5.32 Å². The zero-order valence-electron chi connectivity index (χ0n) is 8.82. The molecule has 0 bridgehead atoms. The molecule has 0 aliphatic heterocycles. The number of thiazole rings is 1. The number of Topliss-reactive ketones (excluding diaryl/α,β-unsaturated/α-hetero) is 1. The van der Waals surface area contributed by atoms with Crippen LogP contribution in [0.4, 0.5) is 0 Å². The number of carbonyl (C=O) groups excluding carboxylic acids is 2. The first kappa shape index (κ1) is 11.8. The molecule has 82 valence electrons. The Morgan fingerprint density at radius 3 is 2.87 bits per heavy atom. The Bertz CT molecular complexity index is 335. The van der Waals surface area contributed by atoms with Gasteiger partial charge in [0.1, 0.15) is 5.78 Å². The van der Waals surface area contributed by atoms with Crippen LogP contribution in [0.15, 0.2) is 11.6 Å². The van der Waals surface area contributed by atoms with E-state index in [0.717, 1.165) is 5.01 Å². The van der Waals surface area contributed by atoms with Crippen molar-refractivity contribution in [2.45, 2.75) is 26.2 Å². The number of rotatable bonds is 5. The molecule has 0 spiro atoms. The van der Waals surface area contributed by atoms with E-state index in [1.54, 1.807) is 17.5 Å². The number of nitrogens with one attached hydrogen (secondary N) is 1. The molecular weight excluding hydrogens is 212 g/mol. The zero-order valence-corrected chi connectivity index (χ0v) is 9.63. The van der Waals surface area contributed by atoms with E-state index in [2.05, 4.69) is 10.3 Å². The minimum absolute atomic E-state index is 0.0371. The maximum absolute atomic E-state index is 11.2. The Balaban J connectivity index is 2.31. The fourth-order valence-electron chi connectivity index (χ4n) is 1.12. The highest BCUT2D eigenvalue weighted by Gasteiger charge is 2.10. The van der Waals surface area contributed by atoms with Gasteiger partial charge in [0.15, 0.2) is 0 Å². The van der Waals surface area contributed by atoms with E-state index >= 15 is 0 Å². The molecule has 0 saturated carbocycles. The topological polar surface area (TPSA) is 59.1 Å². The summed E-state index contributed by atoms with van der Waals surface area (Å²) in [7, 11) is 0. The maximum atomic E-state index is 11.2. The average Bonchev–Trinajstić information content (AvgIpc) is 2.65. The minimum atomic E-state index is -0.217. The first-order valence-electron chi connectivity index (χ1n) is 4.75. The van der Waals surface area contributed by atoms with E-state index in [9.17, 15) is 9.59 Å². The lowest BCUT2D eigenvalue weighted by Gasteiger charge is -2.09. The molecule has 0 saturated heterocycles. The summed E-state index contributed by atoms with van der Waals surface area (Å²) in [6, 6.07) is 0. The summed E-state index contributed by atoms with van der Waals surface area (Å²) in [6.07, 6.45) is 1.71. The summed E-state index contributed by atoms with van der Waals surface area (Å²) in [5, 5.41) is 5.61. The Hall–Kier alpha value is -1.23. The van der Waals surface area contributed by atoms with Crippen molar-refractivity contribution in [1.29, 1.82) is 0 Å². The molecule has 1 aromatic rings. The van der Waals surface area contributed by atoms with Crippen molar-refractivity contribution >= 4 is 23.0 Å². The SMILES string of the molecule is CC(=O)CC(=O)NCC(C)c1nccs1. The van der Waals surface area contributed by atoms with Crippen molar-refractivity contribution in [1.82, 2.24) is 10.3 Å². The molecule has 1 amide bonds. The van der Waals surface area contributed by atoms with Crippen molar-refractivity contribution < 1.29 is 9.59 Å². The van der Waals surface area contributed by atoms with Crippen LogP contribution in [0.5, 0.6) is 0 Å². The van der Waals surface area contributed by atoms with Gasteiger partial charge in [-0.2, -0.15) is 0 Å². The van der Waals surface area contributed by atoms with Gasteiger partial charge in [0, 0.05) is 24.0 Å². The standard InChI is InChI=1S/C10H14N2O2S/c1-7(10-11-3-4-15-10)6-12-9(14)5-8(2)13/h3-4,7H,5-6H2,1-2H3,(H,12,14). The van der Waals surface area contributed by atoms with E-state index in [1.165, 1.54) is 6.92 Å². The Morgan fingerprint density at radius 2 is 2.33 bits per heavy atom. The van der Waals surface area contributed by atoms with Gasteiger partial charge in [-0.25, -0.2) is 4.98 Å². The van der Waals surface area contributed by atoms with Crippen LogP contribution in [0.25, 0.3) is 0 Å². The average molecular weight is 226 g/mol. The van der Waals surface area contributed by atoms with Gasteiger partial charge in [-0.05, 0) is 6.92 Å². The van der Waals surface area contributed by atoms with E-state index in [4.69, 9.17) is 0 Å². The van der Waals surface area contributed by atoms with Crippen LogP contribution in [0.3, 0.4) is 0 Å². The number of ketones is 1. The second-order valence-electron chi connectivity index (χ2n) is 3.45. The predicted molar refractivity (Wildman–Crippen MR) is 58.8 cm³/mol. The van der Waals surface area contributed by atoms with Gasteiger partial charge in [-0.3, -0.25) is 9.59 Å². The largest absolute Gasteiger partial charge is 0.355 e. The molecule has 1 rings (SSSR count). The van der Waals surface area contributed by atoms with Crippen LogP contribution >= 0.6 is 11.3 Å². The molecule has 1 unspecified atom stereocenters. The van der Waals surface area contributed by atoms with Crippen LogP contribution in [0.1, 0.15) is 31.2 Å². The van der Waals surface area contributed by atoms with Gasteiger partial charge < -0.3 is 5.32 Å². The van der Waals surface area contributed by atoms with Gasteiger partial charge in [0.25, 0.3) is 0 Å². The molecule has 5 heteroatoms. The quantitative estimate of drug-likeness (QED) is 0.771. The van der Waals surface area contributed by atoms with Crippen LogP contribution in [0.2, 0.25) is 0 Å². The number of aromatic nitrogens is 1. The summed E-state index contributed by atoms with van der Waals surface area (Å²) < 4.78 is 0. The third-order valence-corrected chi connectivity index (χ3v) is 2.89. The molecule has 0 radical (unpaired) electrons. The smallest absolute Gasteiger partial charge is 0.227 e. The van der Waals surface area contributed by atoms with Crippen molar-refractivity contribution in [2.24, 2.45) is 0 Å². The number of amides is 1. The second-order valence-corrected chi connectivity index (χ2v) is 4.38. The second kappa shape index (κ2) is 5.60. The number of nitrogens with zero attached hydrogens (tertiary/aromatic N) is 1. The number of hydrogen-bond acceptors (Lipinski definition) is 4. The summed E-state index contributed by atoms with van der Waals surface area (Å²) in [5.74, 6) is -0.138. The van der Waals surface area contributed by atoms with E-state index in [-0.39, 0.29) is 24.0 Å². The Kier molecular flexibility index (Phi) is 4.42. The van der Waals surface area contributed by atoms with Crippen molar-refractivity contribution in [2.75, 3.05) is 6.54 Å². The highest BCUT2D eigenvalue weighted by Crippen LogP contribution is 2.16. The molecule has 1 heterocycles. The van der Waals surface area contributed by atoms with E-state index < -0.39 is 0 Å². The van der Waals surface area contributed by atoms with E-state index in [0.29, 0.717) is 6.54 Å². The van der Waals surface area contributed by atoms with Crippen LogP contribution in [-0.2, 0) is 9.59 Å². The highest BCUT2D eigenvalue weighted by atomic mass is 32.1. The molecule has 15 heavy (non-hydrogen) atoms. The van der Waals surface area contributed by atoms with Crippen molar-refractivity contribution in [3.8, 4) is 0 Å². The molecule has 1 atom stereocenters. The van der Waals surface area contributed by atoms with Gasteiger partial charge in [-0.1, -0.05) is 6.92 Å². The lowest BCUT2D eigenvalue weighted by molar-refractivity contribution is -0.127. The van der Waals surface area contributed by atoms with Gasteiger partial charge in [0.2, 0.25) is 5.91 Å². The number of carbonyl (C=O) groups is 2. The highest BCUT2D eigenvalue weighted by molar-refractivity contribution is 7.09. The van der Waals surface area contributed by atoms with Gasteiger partial charge in [0.05, 0.1) is 11.4 Å². The first-order chi connectivity index (χ1) is 7.09. The monoisotopic (exact) mass is 226 g/mol. The summed E-state index contributed by atoms with van der Waals surface area (Å²) in [5.41, 5.74) is 0. The van der Waals surface area contributed by atoms with E-state index in [1.807, 2.05) is 12.3 Å². The maximum Gasteiger partial charge on any atom is 0.227 e. The molecule has 0 aliphatic rings. The molecule has 1 N–H and O–H groups in total.